The summed E-state index contributed by atoms with van der Waals surface area (Å²) in [6.45, 7) is 8.14. The first-order chi connectivity index (χ1) is 17.2. The maximum Gasteiger partial charge on any atom is 0.435 e. The first-order valence-corrected chi connectivity index (χ1v) is 13.6. The Morgan fingerprint density at radius 2 is 1.83 bits per heavy atom. The molecule has 0 amide bonds. The van der Waals surface area contributed by atoms with Gasteiger partial charge in [0.15, 0.2) is 5.69 Å². The van der Waals surface area contributed by atoms with E-state index < -0.39 is 11.9 Å². The predicted molar refractivity (Wildman–Crippen MR) is 142 cm³/mol. The van der Waals surface area contributed by atoms with Crippen LogP contribution in [0.2, 0.25) is 0 Å². The number of alkyl halides is 3. The van der Waals surface area contributed by atoms with Crippen molar-refractivity contribution in [1.82, 2.24) is 18.9 Å². The van der Waals surface area contributed by atoms with Crippen molar-refractivity contribution < 1.29 is 13.2 Å². The monoisotopic (exact) mass is 560 g/mol. The fraction of sp³-hybridized carbons (Fsp3) is 0.464. The second-order valence-electron chi connectivity index (χ2n) is 10.3. The highest BCUT2D eigenvalue weighted by atomic mass is 79.9. The van der Waals surface area contributed by atoms with Gasteiger partial charge in [0.05, 0.1) is 22.4 Å². The lowest BCUT2D eigenvalue weighted by molar-refractivity contribution is -0.141. The summed E-state index contributed by atoms with van der Waals surface area (Å²) in [7, 11) is 0. The molecule has 0 radical (unpaired) electrons. The number of aromatic nitrogens is 3. The molecule has 0 saturated heterocycles. The molecule has 2 aromatic carbocycles. The number of rotatable bonds is 8. The van der Waals surface area contributed by atoms with Gasteiger partial charge in [-0.05, 0) is 83.4 Å². The van der Waals surface area contributed by atoms with E-state index in [0.717, 1.165) is 59.1 Å². The van der Waals surface area contributed by atoms with Crippen molar-refractivity contribution in [3.8, 4) is 5.69 Å². The highest BCUT2D eigenvalue weighted by Crippen LogP contribution is 2.38. The molecule has 0 atom stereocenters. The van der Waals surface area contributed by atoms with Gasteiger partial charge in [-0.3, -0.25) is 13.9 Å². The van der Waals surface area contributed by atoms with Gasteiger partial charge < -0.3 is 0 Å². The Balaban J connectivity index is 1.73. The minimum Gasteiger partial charge on any atom is -0.297 e. The molecule has 8 heteroatoms. The zero-order valence-electron chi connectivity index (χ0n) is 20.9. The zero-order valence-corrected chi connectivity index (χ0v) is 22.5. The van der Waals surface area contributed by atoms with Gasteiger partial charge in [0.25, 0.3) is 0 Å². The Kier molecular flexibility index (Phi) is 6.94. The van der Waals surface area contributed by atoms with Crippen LogP contribution in [-0.2, 0) is 12.7 Å². The van der Waals surface area contributed by atoms with Crippen LogP contribution in [0.15, 0.2) is 46.9 Å². The van der Waals surface area contributed by atoms with Crippen molar-refractivity contribution in [2.75, 3.05) is 13.1 Å². The standard InChI is InChI=1S/C28H32BrF3N4/c1-4-14-34(16-19-8-7-9-19)17-25-26(28(30,31)32)33-27-35(23-10-5-6-11-24(23)36(25)27)22-13-12-20(18(2)3)15-21(22)29/h5-6,10-13,15,18-19H,4,7-9,14,16-17H2,1-3H3. The zero-order chi connectivity index (χ0) is 25.6. The molecule has 4 nitrogen and oxygen atoms in total. The lowest BCUT2D eigenvalue weighted by Gasteiger charge is -2.32. The van der Waals surface area contributed by atoms with Crippen LogP contribution < -0.4 is 0 Å². The van der Waals surface area contributed by atoms with Gasteiger partial charge in [-0.2, -0.15) is 13.2 Å². The fourth-order valence-corrected chi connectivity index (χ4v) is 5.85. The molecule has 2 aromatic heterocycles. The summed E-state index contributed by atoms with van der Waals surface area (Å²) < 4.78 is 47.5. The van der Waals surface area contributed by atoms with Gasteiger partial charge in [0.2, 0.25) is 5.78 Å². The molecule has 2 heterocycles. The second kappa shape index (κ2) is 9.86. The third kappa shape index (κ3) is 4.58. The van der Waals surface area contributed by atoms with Crippen LogP contribution in [-0.4, -0.2) is 31.9 Å². The summed E-state index contributed by atoms with van der Waals surface area (Å²) in [5.41, 5.74) is 2.91. The maximum absolute atomic E-state index is 14.4. The van der Waals surface area contributed by atoms with Crippen LogP contribution in [0.4, 0.5) is 13.2 Å². The fourth-order valence-electron chi connectivity index (χ4n) is 5.27. The molecular formula is C28H32BrF3N4. The molecule has 1 aliphatic rings. The SMILES string of the molecule is CCCN(Cc1c(C(F)(F)F)nc2n(-c3ccc(C(C)C)cc3Br)c3ccccc3n12)CC1CCC1. The molecule has 1 fully saturated rings. The minimum absolute atomic E-state index is 0.218. The molecule has 0 N–H and O–H groups in total. The van der Waals surface area contributed by atoms with Crippen molar-refractivity contribution in [2.24, 2.45) is 5.92 Å². The lowest BCUT2D eigenvalue weighted by atomic mass is 9.85. The summed E-state index contributed by atoms with van der Waals surface area (Å²) in [5, 5.41) is 0. The lowest BCUT2D eigenvalue weighted by Crippen LogP contribution is -2.33. The van der Waals surface area contributed by atoms with Gasteiger partial charge >= 0.3 is 6.18 Å². The number of hydrogen-bond acceptors (Lipinski definition) is 2. The first-order valence-electron chi connectivity index (χ1n) is 12.8. The number of hydrogen-bond donors (Lipinski definition) is 0. The summed E-state index contributed by atoms with van der Waals surface area (Å²) in [6.07, 6.45) is -0.109. The van der Waals surface area contributed by atoms with E-state index in [9.17, 15) is 13.2 Å². The molecule has 0 spiro atoms. The van der Waals surface area contributed by atoms with Crippen LogP contribution in [0.1, 0.15) is 69.3 Å². The van der Waals surface area contributed by atoms with Crippen molar-refractivity contribution in [2.45, 2.75) is 65.1 Å². The van der Waals surface area contributed by atoms with Crippen molar-refractivity contribution >= 4 is 32.7 Å². The van der Waals surface area contributed by atoms with Gasteiger partial charge in [0, 0.05) is 17.6 Å². The van der Waals surface area contributed by atoms with Gasteiger partial charge in [-0.15, -0.1) is 0 Å². The van der Waals surface area contributed by atoms with Crippen LogP contribution in [0.3, 0.4) is 0 Å². The molecule has 1 aliphatic carbocycles. The van der Waals surface area contributed by atoms with E-state index >= 15 is 0 Å². The highest BCUT2D eigenvalue weighted by Gasteiger charge is 2.40. The number of imidazole rings is 2. The Bertz CT molecular complexity index is 1380. The molecule has 36 heavy (non-hydrogen) atoms. The number of fused-ring (bicyclic) bond motifs is 3. The molecule has 0 bridgehead atoms. The van der Waals surface area contributed by atoms with Crippen LogP contribution in [0.25, 0.3) is 22.5 Å². The van der Waals surface area contributed by atoms with E-state index in [1.807, 2.05) is 47.0 Å². The quantitative estimate of drug-likeness (QED) is 0.217. The highest BCUT2D eigenvalue weighted by molar-refractivity contribution is 9.10. The summed E-state index contributed by atoms with van der Waals surface area (Å²) in [4.78, 5) is 6.46. The molecule has 192 valence electrons. The normalized spacial score (nSPS) is 15.0. The average Bonchev–Trinajstić information content (AvgIpc) is 3.31. The number of para-hydroxylation sites is 2. The molecular weight excluding hydrogens is 529 g/mol. The van der Waals surface area contributed by atoms with Crippen LogP contribution >= 0.6 is 15.9 Å². The van der Waals surface area contributed by atoms with Crippen molar-refractivity contribution in [3.63, 3.8) is 0 Å². The molecule has 4 aromatic rings. The molecule has 0 aliphatic heterocycles. The third-order valence-corrected chi connectivity index (χ3v) is 7.96. The smallest absolute Gasteiger partial charge is 0.297 e. The van der Waals surface area contributed by atoms with Crippen molar-refractivity contribution in [3.05, 3.63) is 63.9 Å². The Morgan fingerprint density at radius 3 is 2.42 bits per heavy atom. The van der Waals surface area contributed by atoms with Gasteiger partial charge in [-0.25, -0.2) is 4.98 Å². The van der Waals surface area contributed by atoms with E-state index in [1.54, 1.807) is 4.40 Å². The topological polar surface area (TPSA) is 25.5 Å². The first kappa shape index (κ1) is 25.3. The van der Waals surface area contributed by atoms with E-state index in [1.165, 1.54) is 6.42 Å². The van der Waals surface area contributed by atoms with E-state index in [4.69, 9.17) is 0 Å². The number of halogens is 4. The third-order valence-electron chi connectivity index (χ3n) is 7.32. The Hall–Kier alpha value is -2.32. The second-order valence-corrected chi connectivity index (χ2v) is 11.1. The Labute approximate surface area is 218 Å². The maximum atomic E-state index is 14.4. The minimum atomic E-state index is -4.54. The van der Waals surface area contributed by atoms with Crippen LogP contribution in [0, 0.1) is 5.92 Å². The van der Waals surface area contributed by atoms with Gasteiger partial charge in [-0.1, -0.05) is 45.4 Å². The van der Waals surface area contributed by atoms with Gasteiger partial charge in [0.1, 0.15) is 0 Å². The summed E-state index contributed by atoms with van der Waals surface area (Å²) in [6, 6.07) is 13.7. The Morgan fingerprint density at radius 1 is 1.11 bits per heavy atom. The van der Waals surface area contributed by atoms with Crippen LogP contribution in [0.5, 0.6) is 0 Å². The van der Waals surface area contributed by atoms with E-state index in [-0.39, 0.29) is 18.0 Å². The molecule has 1 saturated carbocycles. The van der Waals surface area contributed by atoms with E-state index in [0.29, 0.717) is 11.8 Å². The number of benzene rings is 2. The van der Waals surface area contributed by atoms with E-state index in [2.05, 4.69) is 46.6 Å². The largest absolute Gasteiger partial charge is 0.435 e. The molecule has 5 rings (SSSR count). The summed E-state index contributed by atoms with van der Waals surface area (Å²) >= 11 is 3.69. The number of nitrogens with zero attached hydrogens (tertiary/aromatic N) is 4. The van der Waals surface area contributed by atoms with Crippen molar-refractivity contribution in [1.29, 1.82) is 0 Å². The average molecular weight is 561 g/mol. The predicted octanol–water partition coefficient (Wildman–Crippen LogP) is 8.20. The molecule has 0 unspecified atom stereocenters. The summed E-state index contributed by atoms with van der Waals surface area (Å²) in [5.74, 6) is 1.20.